The van der Waals surface area contributed by atoms with Gasteiger partial charge < -0.3 is 0 Å². The van der Waals surface area contributed by atoms with Crippen molar-refractivity contribution in [2.75, 3.05) is 5.75 Å². The third-order valence-corrected chi connectivity index (χ3v) is 2.45. The average Bonchev–Trinajstić information content (AvgIpc) is 2.03. The fraction of sp³-hybridized carbons (Fsp3) is 0.444. The molecule has 3 heteroatoms. The Balaban J connectivity index is 3.12. The van der Waals surface area contributed by atoms with E-state index >= 15 is 0 Å². The summed E-state index contributed by atoms with van der Waals surface area (Å²) in [5.74, 6) is 0.579. The van der Waals surface area contributed by atoms with Crippen LogP contribution in [0.15, 0.2) is 12.4 Å². The highest BCUT2D eigenvalue weighted by atomic mass is 32.1. The number of halogens is 1. The minimum atomic E-state index is -0.225. The Morgan fingerprint density at radius 2 is 2.25 bits per heavy atom. The fourth-order valence-electron chi connectivity index (χ4n) is 1.26. The minimum Gasteiger partial charge on any atom is -0.261 e. The predicted octanol–water partition coefficient (Wildman–Crippen LogP) is 2.56. The summed E-state index contributed by atoms with van der Waals surface area (Å²) in [5, 5.41) is 0. The van der Waals surface area contributed by atoms with Crippen LogP contribution in [0.3, 0.4) is 0 Å². The molecule has 0 aromatic carbocycles. The lowest BCUT2D eigenvalue weighted by Gasteiger charge is -2.11. The molecular formula is C9H12FNS. The normalized spacial score (nSPS) is 13.0. The molecule has 1 aromatic rings. The molecule has 0 aliphatic heterocycles. The molecule has 0 saturated carbocycles. The molecule has 0 bridgehead atoms. The Hall–Kier alpha value is -0.570. The van der Waals surface area contributed by atoms with Crippen LogP contribution >= 0.6 is 12.6 Å². The molecule has 1 aromatic heterocycles. The third-order valence-electron chi connectivity index (χ3n) is 1.90. The van der Waals surface area contributed by atoms with Gasteiger partial charge in [-0.25, -0.2) is 4.39 Å². The van der Waals surface area contributed by atoms with E-state index in [0.717, 1.165) is 11.1 Å². The summed E-state index contributed by atoms with van der Waals surface area (Å²) in [7, 11) is 0. The van der Waals surface area contributed by atoms with Crippen LogP contribution in [-0.2, 0) is 0 Å². The largest absolute Gasteiger partial charge is 0.261 e. The van der Waals surface area contributed by atoms with Gasteiger partial charge in [-0.2, -0.15) is 12.6 Å². The van der Waals surface area contributed by atoms with Gasteiger partial charge >= 0.3 is 0 Å². The van der Waals surface area contributed by atoms with Crippen molar-refractivity contribution in [1.82, 2.24) is 4.98 Å². The van der Waals surface area contributed by atoms with E-state index in [4.69, 9.17) is 0 Å². The minimum absolute atomic E-state index is 0.149. The summed E-state index contributed by atoms with van der Waals surface area (Å²) in [4.78, 5) is 3.76. The molecule has 1 nitrogen and oxygen atoms in total. The van der Waals surface area contributed by atoms with Gasteiger partial charge in [0.1, 0.15) is 5.82 Å². The first-order valence-electron chi connectivity index (χ1n) is 3.87. The van der Waals surface area contributed by atoms with E-state index < -0.39 is 0 Å². The van der Waals surface area contributed by atoms with Crippen LogP contribution in [0, 0.1) is 12.7 Å². The van der Waals surface area contributed by atoms with E-state index in [1.165, 1.54) is 6.20 Å². The molecule has 66 valence electrons. The van der Waals surface area contributed by atoms with E-state index in [-0.39, 0.29) is 11.7 Å². The van der Waals surface area contributed by atoms with Crippen molar-refractivity contribution in [1.29, 1.82) is 0 Å². The second-order valence-corrected chi connectivity index (χ2v) is 3.30. The number of aryl methyl sites for hydroxylation is 1. The van der Waals surface area contributed by atoms with Crippen molar-refractivity contribution in [3.05, 3.63) is 29.3 Å². The number of hydrogen-bond acceptors (Lipinski definition) is 2. The molecule has 1 atom stereocenters. The summed E-state index contributed by atoms with van der Waals surface area (Å²) in [6, 6.07) is 0. The Morgan fingerprint density at radius 3 is 2.75 bits per heavy atom. The Morgan fingerprint density at radius 1 is 1.58 bits per heavy atom. The first-order chi connectivity index (χ1) is 5.66. The number of thiol groups is 1. The number of hydrogen-bond donors (Lipinski definition) is 1. The fourth-order valence-corrected chi connectivity index (χ4v) is 1.44. The lowest BCUT2D eigenvalue weighted by atomic mass is 9.99. The smallest absolute Gasteiger partial charge is 0.145 e. The lowest BCUT2D eigenvalue weighted by Crippen LogP contribution is -2.02. The predicted molar refractivity (Wildman–Crippen MR) is 51.2 cm³/mol. The van der Waals surface area contributed by atoms with Crippen molar-refractivity contribution in [3.8, 4) is 0 Å². The molecule has 1 unspecified atom stereocenters. The summed E-state index contributed by atoms with van der Waals surface area (Å²) in [6.07, 6.45) is 2.93. The van der Waals surface area contributed by atoms with E-state index in [9.17, 15) is 4.39 Å². The standard InChI is InChI=1S/C9H12FNS/c1-6-3-11-4-8(10)9(6)7(2)5-12/h3-4,7,12H,5H2,1-2H3. The molecule has 0 saturated heterocycles. The van der Waals surface area contributed by atoms with Gasteiger partial charge in [0, 0.05) is 6.20 Å². The monoisotopic (exact) mass is 185 g/mol. The Labute approximate surface area is 77.4 Å². The van der Waals surface area contributed by atoms with Crippen LogP contribution in [0.2, 0.25) is 0 Å². The van der Waals surface area contributed by atoms with E-state index in [1.54, 1.807) is 6.20 Å². The summed E-state index contributed by atoms with van der Waals surface area (Å²) in [5.41, 5.74) is 1.64. The molecule has 1 rings (SSSR count). The first-order valence-corrected chi connectivity index (χ1v) is 4.51. The van der Waals surface area contributed by atoms with Gasteiger partial charge in [0.15, 0.2) is 0 Å². The Bertz CT molecular complexity index is 255. The molecule has 0 amide bonds. The number of aromatic nitrogens is 1. The topological polar surface area (TPSA) is 12.9 Å². The van der Waals surface area contributed by atoms with Gasteiger partial charge in [-0.05, 0) is 29.7 Å². The number of rotatable bonds is 2. The van der Waals surface area contributed by atoms with Gasteiger partial charge in [0.2, 0.25) is 0 Å². The molecule has 1 heterocycles. The van der Waals surface area contributed by atoms with Crippen LogP contribution in [0.1, 0.15) is 24.0 Å². The van der Waals surface area contributed by atoms with Gasteiger partial charge in [-0.1, -0.05) is 6.92 Å². The summed E-state index contributed by atoms with van der Waals surface area (Å²) >= 11 is 4.13. The van der Waals surface area contributed by atoms with Crippen LogP contribution < -0.4 is 0 Å². The molecule has 12 heavy (non-hydrogen) atoms. The number of nitrogens with zero attached hydrogens (tertiary/aromatic N) is 1. The van der Waals surface area contributed by atoms with Crippen LogP contribution in [0.25, 0.3) is 0 Å². The first kappa shape index (κ1) is 9.52. The van der Waals surface area contributed by atoms with Crippen LogP contribution in [0.5, 0.6) is 0 Å². The quantitative estimate of drug-likeness (QED) is 0.699. The van der Waals surface area contributed by atoms with Gasteiger partial charge in [-0.3, -0.25) is 4.98 Å². The van der Waals surface area contributed by atoms with Crippen molar-refractivity contribution in [3.63, 3.8) is 0 Å². The van der Waals surface area contributed by atoms with E-state index in [1.807, 2.05) is 13.8 Å². The summed E-state index contributed by atoms with van der Waals surface area (Å²) < 4.78 is 13.2. The lowest BCUT2D eigenvalue weighted by molar-refractivity contribution is 0.590. The molecule has 0 radical (unpaired) electrons. The van der Waals surface area contributed by atoms with Crippen LogP contribution in [-0.4, -0.2) is 10.7 Å². The molecule has 0 aliphatic rings. The zero-order chi connectivity index (χ0) is 9.14. The average molecular weight is 185 g/mol. The molecular weight excluding hydrogens is 173 g/mol. The van der Waals surface area contributed by atoms with Gasteiger partial charge in [-0.15, -0.1) is 0 Å². The van der Waals surface area contributed by atoms with E-state index in [0.29, 0.717) is 5.75 Å². The highest BCUT2D eigenvalue weighted by Crippen LogP contribution is 2.22. The van der Waals surface area contributed by atoms with Crippen molar-refractivity contribution in [2.24, 2.45) is 0 Å². The van der Waals surface area contributed by atoms with Crippen LogP contribution in [0.4, 0.5) is 4.39 Å². The second-order valence-electron chi connectivity index (χ2n) is 2.94. The van der Waals surface area contributed by atoms with Crippen molar-refractivity contribution < 1.29 is 4.39 Å². The maximum Gasteiger partial charge on any atom is 0.145 e. The van der Waals surface area contributed by atoms with Crippen molar-refractivity contribution >= 4 is 12.6 Å². The summed E-state index contributed by atoms with van der Waals surface area (Å²) in [6.45, 7) is 3.82. The molecule has 0 N–H and O–H groups in total. The van der Waals surface area contributed by atoms with Crippen molar-refractivity contribution in [2.45, 2.75) is 19.8 Å². The second kappa shape index (κ2) is 3.90. The highest BCUT2D eigenvalue weighted by molar-refractivity contribution is 7.80. The number of pyridine rings is 1. The van der Waals surface area contributed by atoms with E-state index in [2.05, 4.69) is 17.6 Å². The van der Waals surface area contributed by atoms with Gasteiger partial charge in [0.25, 0.3) is 0 Å². The highest BCUT2D eigenvalue weighted by Gasteiger charge is 2.11. The molecule has 0 spiro atoms. The maximum atomic E-state index is 13.2. The maximum absolute atomic E-state index is 13.2. The Kier molecular flexibility index (Phi) is 3.09. The molecule has 0 aliphatic carbocycles. The third kappa shape index (κ3) is 1.78. The zero-order valence-corrected chi connectivity index (χ0v) is 8.11. The SMILES string of the molecule is Cc1cncc(F)c1C(C)CS. The van der Waals surface area contributed by atoms with Gasteiger partial charge in [0.05, 0.1) is 6.20 Å². The zero-order valence-electron chi connectivity index (χ0n) is 7.21. The molecule has 0 fully saturated rings.